The van der Waals surface area contributed by atoms with Crippen molar-refractivity contribution in [3.05, 3.63) is 57.3 Å². The quantitative estimate of drug-likeness (QED) is 0.683. The lowest BCUT2D eigenvalue weighted by Crippen LogP contribution is -1.96. The van der Waals surface area contributed by atoms with Crippen molar-refractivity contribution in [2.24, 2.45) is 0 Å². The third-order valence-electron chi connectivity index (χ3n) is 2.74. The van der Waals surface area contributed by atoms with Crippen LogP contribution in [0.2, 0.25) is 0 Å². The van der Waals surface area contributed by atoms with E-state index in [2.05, 4.69) is 20.5 Å². The minimum absolute atomic E-state index is 0.123. The van der Waals surface area contributed by atoms with Gasteiger partial charge >= 0.3 is 0 Å². The van der Waals surface area contributed by atoms with Crippen LogP contribution in [0.5, 0.6) is 0 Å². The van der Waals surface area contributed by atoms with E-state index in [1.165, 1.54) is 4.88 Å². The van der Waals surface area contributed by atoms with Gasteiger partial charge in [-0.05, 0) is 17.7 Å². The maximum absolute atomic E-state index is 11.1. The number of hydrogen-bond donors (Lipinski definition) is 3. The Morgan fingerprint density at radius 2 is 2.05 bits per heavy atom. The molecule has 19 heavy (non-hydrogen) atoms. The molecule has 2 heterocycles. The van der Waals surface area contributed by atoms with E-state index in [1.807, 2.05) is 36.0 Å². The van der Waals surface area contributed by atoms with Gasteiger partial charge in [-0.15, -0.1) is 11.3 Å². The topological polar surface area (TPSA) is 73.6 Å². The molecule has 2 aromatic heterocycles. The molecule has 0 spiro atoms. The van der Waals surface area contributed by atoms with Gasteiger partial charge in [-0.2, -0.15) is 0 Å². The van der Waals surface area contributed by atoms with Crippen LogP contribution in [0.15, 0.2) is 46.8 Å². The minimum atomic E-state index is -0.123. The molecular formula is C13H12N4OS. The van der Waals surface area contributed by atoms with Crippen LogP contribution < -0.4 is 10.9 Å². The number of thiazole rings is 1. The fraction of sp³-hybridized carbons (Fsp3) is 0.0769. The Labute approximate surface area is 113 Å². The highest BCUT2D eigenvalue weighted by Crippen LogP contribution is 2.18. The van der Waals surface area contributed by atoms with E-state index in [0.29, 0.717) is 0 Å². The number of benzene rings is 1. The maximum Gasteiger partial charge on any atom is 0.264 e. The van der Waals surface area contributed by atoms with E-state index in [4.69, 9.17) is 0 Å². The average molecular weight is 272 g/mol. The first-order chi connectivity index (χ1) is 9.31. The number of rotatable bonds is 4. The summed E-state index contributed by atoms with van der Waals surface area (Å²) in [6.07, 6.45) is 1.86. The average Bonchev–Trinajstić information content (AvgIpc) is 3.08. The van der Waals surface area contributed by atoms with Gasteiger partial charge in [-0.1, -0.05) is 12.1 Å². The van der Waals surface area contributed by atoms with E-state index in [0.717, 1.165) is 23.5 Å². The first-order valence-corrected chi connectivity index (χ1v) is 6.68. The van der Waals surface area contributed by atoms with Crippen molar-refractivity contribution in [2.75, 3.05) is 5.32 Å². The molecule has 0 radical (unpaired) electrons. The maximum atomic E-state index is 11.1. The van der Waals surface area contributed by atoms with Crippen molar-refractivity contribution < 1.29 is 0 Å². The fourth-order valence-electron chi connectivity index (χ4n) is 1.77. The Bertz CT molecular complexity index is 697. The molecule has 0 amide bonds. The molecule has 0 unspecified atom stereocenters. The molecule has 0 aliphatic carbocycles. The summed E-state index contributed by atoms with van der Waals surface area (Å²) in [6.45, 7) is 0.769. The lowest BCUT2D eigenvalue weighted by atomic mass is 10.1. The van der Waals surface area contributed by atoms with E-state index >= 15 is 0 Å². The van der Waals surface area contributed by atoms with Crippen molar-refractivity contribution >= 4 is 17.0 Å². The van der Waals surface area contributed by atoms with Gasteiger partial charge in [-0.25, -0.2) is 0 Å². The normalized spacial score (nSPS) is 10.5. The Balaban J connectivity index is 1.70. The van der Waals surface area contributed by atoms with Gasteiger partial charge in [0.05, 0.1) is 17.7 Å². The van der Waals surface area contributed by atoms with E-state index < -0.39 is 0 Å². The number of nitrogens with zero attached hydrogens (tertiary/aromatic N) is 1. The van der Waals surface area contributed by atoms with E-state index in [-0.39, 0.29) is 5.56 Å². The molecule has 96 valence electrons. The summed E-state index contributed by atoms with van der Waals surface area (Å²) in [4.78, 5) is 16.3. The Kier molecular flexibility index (Phi) is 3.16. The predicted octanol–water partition coefficient (Wildman–Crippen LogP) is 2.44. The first kappa shape index (κ1) is 11.7. The molecule has 0 saturated heterocycles. The smallest absolute Gasteiger partial charge is 0.264 e. The number of anilines is 1. The van der Waals surface area contributed by atoms with Crippen molar-refractivity contribution in [3.63, 3.8) is 0 Å². The van der Waals surface area contributed by atoms with Gasteiger partial charge in [0.2, 0.25) is 0 Å². The Morgan fingerprint density at radius 1 is 1.21 bits per heavy atom. The predicted molar refractivity (Wildman–Crippen MR) is 76.3 cm³/mol. The standard InChI is InChI=1S/C13H12N4OS/c18-13-5-12(16-17-13)9-1-3-10(4-2-9)15-7-11-6-14-8-19-11/h1-6,8,15H,7H2,(H2,16,17,18). The molecule has 0 saturated carbocycles. The first-order valence-electron chi connectivity index (χ1n) is 5.80. The summed E-state index contributed by atoms with van der Waals surface area (Å²) in [5.41, 5.74) is 4.50. The fourth-order valence-corrected chi connectivity index (χ4v) is 2.31. The van der Waals surface area contributed by atoms with Crippen molar-refractivity contribution in [1.82, 2.24) is 15.2 Å². The van der Waals surface area contributed by atoms with Gasteiger partial charge < -0.3 is 5.32 Å². The molecule has 3 aromatic rings. The summed E-state index contributed by atoms with van der Waals surface area (Å²) in [6, 6.07) is 9.45. The number of hydrogen-bond acceptors (Lipinski definition) is 4. The number of aromatic amines is 2. The molecule has 0 fully saturated rings. The van der Waals surface area contributed by atoms with E-state index in [9.17, 15) is 4.79 Å². The largest absolute Gasteiger partial charge is 0.380 e. The zero-order valence-corrected chi connectivity index (χ0v) is 10.8. The van der Waals surface area contributed by atoms with Crippen molar-refractivity contribution in [2.45, 2.75) is 6.54 Å². The molecule has 0 aliphatic rings. The number of nitrogens with one attached hydrogen (secondary N) is 3. The summed E-state index contributed by atoms with van der Waals surface area (Å²) in [5, 5.41) is 8.68. The molecule has 0 bridgehead atoms. The molecule has 0 aliphatic heterocycles. The second kappa shape index (κ2) is 5.11. The van der Waals surface area contributed by atoms with Gasteiger partial charge in [0.1, 0.15) is 0 Å². The third-order valence-corrected chi connectivity index (χ3v) is 3.52. The van der Waals surface area contributed by atoms with Crippen LogP contribution in [0.25, 0.3) is 11.3 Å². The zero-order chi connectivity index (χ0) is 13.1. The molecule has 3 N–H and O–H groups in total. The van der Waals surface area contributed by atoms with Gasteiger partial charge in [0.15, 0.2) is 0 Å². The highest BCUT2D eigenvalue weighted by Gasteiger charge is 2.01. The monoisotopic (exact) mass is 272 g/mol. The highest BCUT2D eigenvalue weighted by molar-refractivity contribution is 7.09. The molecule has 5 nitrogen and oxygen atoms in total. The van der Waals surface area contributed by atoms with E-state index in [1.54, 1.807) is 17.4 Å². The minimum Gasteiger partial charge on any atom is -0.380 e. The Morgan fingerprint density at radius 3 is 2.68 bits per heavy atom. The highest BCUT2D eigenvalue weighted by atomic mass is 32.1. The van der Waals surface area contributed by atoms with Crippen LogP contribution in [-0.4, -0.2) is 15.2 Å². The van der Waals surface area contributed by atoms with Crippen LogP contribution in [0.3, 0.4) is 0 Å². The zero-order valence-electron chi connectivity index (χ0n) is 10.0. The van der Waals surface area contributed by atoms with Crippen molar-refractivity contribution in [1.29, 1.82) is 0 Å². The van der Waals surface area contributed by atoms with Crippen LogP contribution in [0.4, 0.5) is 5.69 Å². The lowest BCUT2D eigenvalue weighted by Gasteiger charge is -2.05. The molecule has 3 rings (SSSR count). The van der Waals surface area contributed by atoms with Crippen LogP contribution >= 0.6 is 11.3 Å². The summed E-state index contributed by atoms with van der Waals surface area (Å²) in [5.74, 6) is 0. The molecule has 1 aromatic carbocycles. The van der Waals surface area contributed by atoms with Crippen LogP contribution in [0, 0.1) is 0 Å². The number of aromatic nitrogens is 3. The molecule has 6 heteroatoms. The second-order valence-corrected chi connectivity index (χ2v) is 5.04. The van der Waals surface area contributed by atoms with Gasteiger partial charge in [0, 0.05) is 22.8 Å². The van der Waals surface area contributed by atoms with Gasteiger partial charge in [0.25, 0.3) is 5.56 Å². The SMILES string of the molecule is O=c1cc(-c2ccc(NCc3cncs3)cc2)[nH][nH]1. The molecular weight excluding hydrogens is 260 g/mol. The lowest BCUT2D eigenvalue weighted by molar-refractivity contribution is 1.06. The third kappa shape index (κ3) is 2.74. The number of H-pyrrole nitrogens is 2. The summed E-state index contributed by atoms with van der Waals surface area (Å²) in [7, 11) is 0. The van der Waals surface area contributed by atoms with Gasteiger partial charge in [-0.3, -0.25) is 20.0 Å². The summed E-state index contributed by atoms with van der Waals surface area (Å²) >= 11 is 1.63. The summed E-state index contributed by atoms with van der Waals surface area (Å²) < 4.78 is 0. The molecule has 0 atom stereocenters. The van der Waals surface area contributed by atoms with Crippen LogP contribution in [-0.2, 0) is 6.54 Å². The van der Waals surface area contributed by atoms with Crippen LogP contribution in [0.1, 0.15) is 4.88 Å². The second-order valence-electron chi connectivity index (χ2n) is 4.07. The van der Waals surface area contributed by atoms with Crippen molar-refractivity contribution in [3.8, 4) is 11.3 Å². The Hall–Kier alpha value is -2.34.